The van der Waals surface area contributed by atoms with Crippen LogP contribution < -0.4 is 10.5 Å². The van der Waals surface area contributed by atoms with Crippen LogP contribution in [-0.2, 0) is 11.3 Å². The molecular weight excluding hydrogens is 244 g/mol. The third-order valence-electron chi connectivity index (χ3n) is 2.97. The summed E-state index contributed by atoms with van der Waals surface area (Å²) in [5.41, 5.74) is -0.102. The van der Waals surface area contributed by atoms with Crippen LogP contribution in [0.25, 0.3) is 0 Å². The molecule has 6 heteroatoms. The number of hydrogen-bond donors (Lipinski definition) is 0. The van der Waals surface area contributed by atoms with Crippen LogP contribution in [-0.4, -0.2) is 35.4 Å². The van der Waals surface area contributed by atoms with E-state index in [2.05, 4.69) is 24.9 Å². The normalized spacial score (nSPS) is 19.5. The molecule has 1 aliphatic heterocycles. The Morgan fingerprint density at radius 1 is 1.63 bits per heavy atom. The molecule has 6 nitrogen and oxygen atoms in total. The Morgan fingerprint density at radius 2 is 2.42 bits per heavy atom. The van der Waals surface area contributed by atoms with Crippen LogP contribution in [0.1, 0.15) is 13.8 Å². The van der Waals surface area contributed by atoms with Gasteiger partial charge in [-0.05, 0) is 5.92 Å². The highest BCUT2D eigenvalue weighted by Crippen LogP contribution is 2.10. The van der Waals surface area contributed by atoms with Crippen LogP contribution in [0.5, 0.6) is 0 Å². The topological polar surface area (TPSA) is 71.2 Å². The lowest BCUT2D eigenvalue weighted by molar-refractivity contribution is 0.0760. The molecule has 2 rings (SSSR count). The van der Waals surface area contributed by atoms with Crippen molar-refractivity contribution in [1.29, 1.82) is 5.26 Å². The molecule has 0 saturated carbocycles. The van der Waals surface area contributed by atoms with Gasteiger partial charge < -0.3 is 14.2 Å². The lowest BCUT2D eigenvalue weighted by atomic mass is 10.2. The molecule has 0 spiro atoms. The van der Waals surface area contributed by atoms with E-state index in [4.69, 9.17) is 10.00 Å². The van der Waals surface area contributed by atoms with Crippen LogP contribution in [0.2, 0.25) is 0 Å². The summed E-state index contributed by atoms with van der Waals surface area (Å²) in [5.74, 6) is 0.802. The average Bonchev–Trinajstić information content (AvgIpc) is 2.41. The third kappa shape index (κ3) is 3.12. The predicted molar refractivity (Wildman–Crippen MR) is 70.9 cm³/mol. The van der Waals surface area contributed by atoms with E-state index in [1.807, 2.05) is 4.90 Å². The molecule has 102 valence electrons. The molecule has 1 aromatic heterocycles. The molecule has 1 fully saturated rings. The highest BCUT2D eigenvalue weighted by molar-refractivity contribution is 5.37. The Balaban J connectivity index is 2.25. The van der Waals surface area contributed by atoms with Crippen LogP contribution in [0.15, 0.2) is 17.2 Å². The smallest absolute Gasteiger partial charge is 0.293 e. The van der Waals surface area contributed by atoms with E-state index in [-0.39, 0.29) is 5.56 Å². The van der Waals surface area contributed by atoms with Gasteiger partial charge in [-0.15, -0.1) is 0 Å². The van der Waals surface area contributed by atoms with Crippen molar-refractivity contribution >= 4 is 5.82 Å². The maximum Gasteiger partial charge on any atom is 0.293 e. The third-order valence-corrected chi connectivity index (χ3v) is 2.97. The summed E-state index contributed by atoms with van der Waals surface area (Å²) in [6, 6.07) is 2.07. The maximum absolute atomic E-state index is 12.3. The van der Waals surface area contributed by atoms with E-state index in [9.17, 15) is 4.79 Å². The summed E-state index contributed by atoms with van der Waals surface area (Å²) < 4.78 is 6.94. The van der Waals surface area contributed by atoms with Gasteiger partial charge in [0.2, 0.25) is 0 Å². The van der Waals surface area contributed by atoms with Gasteiger partial charge >= 0.3 is 0 Å². The minimum atomic E-state index is -0.492. The van der Waals surface area contributed by atoms with Gasteiger partial charge in [-0.2, -0.15) is 5.26 Å². The lowest BCUT2D eigenvalue weighted by Crippen LogP contribution is -2.45. The number of hydrogen-bond acceptors (Lipinski definition) is 5. The number of morpholine rings is 1. The van der Waals surface area contributed by atoms with Gasteiger partial charge in [0.15, 0.2) is 11.9 Å². The second kappa shape index (κ2) is 5.85. The first-order valence-electron chi connectivity index (χ1n) is 6.43. The van der Waals surface area contributed by atoms with Crippen LogP contribution in [0.4, 0.5) is 5.82 Å². The summed E-state index contributed by atoms with van der Waals surface area (Å²) in [6.07, 6.45) is 2.85. The van der Waals surface area contributed by atoms with Gasteiger partial charge in [0, 0.05) is 25.5 Å². The highest BCUT2D eigenvalue weighted by Gasteiger charge is 2.23. The quantitative estimate of drug-likeness (QED) is 0.799. The van der Waals surface area contributed by atoms with Gasteiger partial charge in [-0.1, -0.05) is 13.8 Å². The summed E-state index contributed by atoms with van der Waals surface area (Å²) in [5, 5.41) is 8.89. The van der Waals surface area contributed by atoms with Crippen LogP contribution >= 0.6 is 0 Å². The van der Waals surface area contributed by atoms with Gasteiger partial charge in [0.1, 0.15) is 0 Å². The Labute approximate surface area is 112 Å². The average molecular weight is 262 g/mol. The molecule has 0 N–H and O–H groups in total. The molecule has 0 bridgehead atoms. The van der Waals surface area contributed by atoms with Gasteiger partial charge in [0.05, 0.1) is 19.2 Å². The molecular formula is C13H18N4O2. The number of ether oxygens (including phenoxy) is 1. The molecule has 1 unspecified atom stereocenters. The van der Waals surface area contributed by atoms with Crippen LogP contribution in [0, 0.1) is 17.2 Å². The van der Waals surface area contributed by atoms with Crippen molar-refractivity contribution in [2.75, 3.05) is 24.6 Å². The molecule has 0 aliphatic carbocycles. The molecule has 1 saturated heterocycles. The minimum Gasteiger partial charge on any atom is -0.360 e. The van der Waals surface area contributed by atoms with Crippen molar-refractivity contribution in [1.82, 2.24) is 9.55 Å². The molecule has 1 aromatic rings. The first kappa shape index (κ1) is 13.6. The lowest BCUT2D eigenvalue weighted by Gasteiger charge is -2.30. The van der Waals surface area contributed by atoms with Gasteiger partial charge in [-0.3, -0.25) is 4.79 Å². The molecule has 2 heterocycles. The Bertz CT molecular complexity index is 532. The monoisotopic (exact) mass is 262 g/mol. The van der Waals surface area contributed by atoms with Crippen molar-refractivity contribution in [2.24, 2.45) is 5.92 Å². The number of nitriles is 1. The zero-order valence-electron chi connectivity index (χ0n) is 11.2. The van der Waals surface area contributed by atoms with Crippen molar-refractivity contribution in [3.8, 4) is 6.07 Å². The largest absolute Gasteiger partial charge is 0.360 e. The van der Waals surface area contributed by atoms with Crippen molar-refractivity contribution in [3.63, 3.8) is 0 Å². The fraction of sp³-hybridized carbons (Fsp3) is 0.615. The molecule has 1 atom stereocenters. The zero-order chi connectivity index (χ0) is 13.8. The Morgan fingerprint density at radius 3 is 3.11 bits per heavy atom. The number of nitrogens with zero attached hydrogens (tertiary/aromatic N) is 4. The van der Waals surface area contributed by atoms with E-state index in [1.54, 1.807) is 17.0 Å². The minimum absolute atomic E-state index is 0.102. The highest BCUT2D eigenvalue weighted by atomic mass is 16.5. The Kier molecular flexibility index (Phi) is 4.17. The second-order valence-corrected chi connectivity index (χ2v) is 5.04. The fourth-order valence-electron chi connectivity index (χ4n) is 2.11. The summed E-state index contributed by atoms with van der Waals surface area (Å²) in [6.45, 7) is 6.22. The predicted octanol–water partition coefficient (Wildman–Crippen LogP) is 0.628. The molecule has 19 heavy (non-hydrogen) atoms. The van der Waals surface area contributed by atoms with Crippen LogP contribution in [0.3, 0.4) is 0 Å². The number of anilines is 1. The van der Waals surface area contributed by atoms with Crippen molar-refractivity contribution < 1.29 is 4.74 Å². The SMILES string of the molecule is CC(C)Cn1ccnc(N2CCOC(C#N)C2)c1=O. The first-order chi connectivity index (χ1) is 9.11. The number of aromatic nitrogens is 2. The molecule has 0 aromatic carbocycles. The van der Waals surface area contributed by atoms with E-state index < -0.39 is 6.10 Å². The van der Waals surface area contributed by atoms with E-state index in [1.165, 1.54) is 0 Å². The van der Waals surface area contributed by atoms with E-state index >= 15 is 0 Å². The van der Waals surface area contributed by atoms with E-state index in [0.717, 1.165) is 0 Å². The van der Waals surface area contributed by atoms with Crippen molar-refractivity contribution in [3.05, 3.63) is 22.7 Å². The Hall–Kier alpha value is -1.87. The van der Waals surface area contributed by atoms with Gasteiger partial charge in [0.25, 0.3) is 5.56 Å². The fourth-order valence-corrected chi connectivity index (χ4v) is 2.11. The molecule has 0 radical (unpaired) electrons. The zero-order valence-corrected chi connectivity index (χ0v) is 11.2. The maximum atomic E-state index is 12.3. The summed E-state index contributed by atoms with van der Waals surface area (Å²) in [4.78, 5) is 18.3. The van der Waals surface area contributed by atoms with E-state index in [0.29, 0.717) is 38.0 Å². The standard InChI is InChI=1S/C13H18N4O2/c1-10(2)8-17-4-3-15-12(13(17)18)16-5-6-19-11(7-14)9-16/h3-4,10-11H,5-6,8-9H2,1-2H3. The molecule has 0 amide bonds. The molecule has 1 aliphatic rings. The summed E-state index contributed by atoms with van der Waals surface area (Å²) >= 11 is 0. The summed E-state index contributed by atoms with van der Waals surface area (Å²) in [7, 11) is 0. The van der Waals surface area contributed by atoms with Crippen molar-refractivity contribution in [2.45, 2.75) is 26.5 Å². The second-order valence-electron chi connectivity index (χ2n) is 5.04. The first-order valence-corrected chi connectivity index (χ1v) is 6.43. The van der Waals surface area contributed by atoms with Gasteiger partial charge in [-0.25, -0.2) is 4.98 Å². The number of rotatable bonds is 3.